The molecule has 0 radical (unpaired) electrons. The smallest absolute Gasteiger partial charge is 0.404 e. The molecule has 3 rings (SSSR count). The van der Waals surface area contributed by atoms with Gasteiger partial charge in [-0.3, -0.25) is 9.78 Å². The Morgan fingerprint density at radius 1 is 1.29 bits per heavy atom. The summed E-state index contributed by atoms with van der Waals surface area (Å²) in [6.45, 7) is -0.492. The molecule has 0 aliphatic heterocycles. The molecule has 0 aromatic carbocycles. The molecule has 8 nitrogen and oxygen atoms in total. The summed E-state index contributed by atoms with van der Waals surface area (Å²) < 4.78 is 70.5. The highest BCUT2D eigenvalue weighted by Gasteiger charge is 2.32. The zero-order valence-corrected chi connectivity index (χ0v) is 18.4. The summed E-state index contributed by atoms with van der Waals surface area (Å²) in [5.74, 6) is 4.74. The molecular formula is C21H25F5N6O2. The molecule has 186 valence electrons. The van der Waals surface area contributed by atoms with Crippen LogP contribution >= 0.6 is 0 Å². The normalized spacial score (nSPS) is 15.9. The fraction of sp³-hybridized carbons (Fsp3) is 0.476. The molecule has 1 fully saturated rings. The third kappa shape index (κ3) is 6.01. The highest BCUT2D eigenvalue weighted by atomic mass is 19.4. The molecule has 34 heavy (non-hydrogen) atoms. The highest BCUT2D eigenvalue weighted by Crippen LogP contribution is 2.32. The van der Waals surface area contributed by atoms with E-state index in [4.69, 9.17) is 11.6 Å². The summed E-state index contributed by atoms with van der Waals surface area (Å²) in [5.41, 5.74) is 4.21. The number of hydrogen-bond acceptors (Lipinski definition) is 7. The average Bonchev–Trinajstić information content (AvgIpc) is 2.75. The van der Waals surface area contributed by atoms with Crippen LogP contribution in [-0.4, -0.2) is 39.6 Å². The van der Waals surface area contributed by atoms with E-state index >= 15 is 0 Å². The SMILES string of the molecule is CN(N)/C(=C(\N)c1cc(C2CCCCC2)c(=O)n(Cc2ncccc2OC(F)(F)F)n1)C(F)F. The van der Waals surface area contributed by atoms with Crippen molar-refractivity contribution < 1.29 is 26.7 Å². The van der Waals surface area contributed by atoms with E-state index in [0.717, 1.165) is 30.0 Å². The van der Waals surface area contributed by atoms with Crippen molar-refractivity contribution in [1.82, 2.24) is 19.8 Å². The molecule has 0 bridgehead atoms. The number of halogens is 5. The number of hydrogen-bond donors (Lipinski definition) is 2. The number of allylic oxidation sites excluding steroid dienone is 1. The van der Waals surface area contributed by atoms with Gasteiger partial charge in [-0.1, -0.05) is 19.3 Å². The largest absolute Gasteiger partial charge is 0.573 e. The van der Waals surface area contributed by atoms with Gasteiger partial charge < -0.3 is 15.5 Å². The van der Waals surface area contributed by atoms with Crippen LogP contribution in [0.4, 0.5) is 22.0 Å². The first-order chi connectivity index (χ1) is 16.0. The summed E-state index contributed by atoms with van der Waals surface area (Å²) in [5, 5.41) is 4.73. The van der Waals surface area contributed by atoms with Gasteiger partial charge in [0.05, 0.1) is 12.2 Å². The van der Waals surface area contributed by atoms with E-state index in [-0.39, 0.29) is 17.3 Å². The van der Waals surface area contributed by atoms with E-state index in [2.05, 4.69) is 14.8 Å². The molecule has 0 unspecified atom stereocenters. The maximum Gasteiger partial charge on any atom is 0.573 e. The number of pyridine rings is 1. The topological polar surface area (TPSA) is 112 Å². The van der Waals surface area contributed by atoms with Crippen molar-refractivity contribution >= 4 is 5.70 Å². The van der Waals surface area contributed by atoms with E-state index in [1.54, 1.807) is 0 Å². The quantitative estimate of drug-likeness (QED) is 0.349. The predicted molar refractivity (Wildman–Crippen MR) is 113 cm³/mol. The first-order valence-corrected chi connectivity index (χ1v) is 10.6. The minimum Gasteiger partial charge on any atom is -0.404 e. The van der Waals surface area contributed by atoms with E-state index in [9.17, 15) is 26.7 Å². The minimum atomic E-state index is -4.98. The molecule has 0 atom stereocenters. The molecular weight excluding hydrogens is 463 g/mol. The van der Waals surface area contributed by atoms with Crippen molar-refractivity contribution in [3.05, 3.63) is 57.4 Å². The van der Waals surface area contributed by atoms with Gasteiger partial charge in [0, 0.05) is 18.8 Å². The number of nitrogens with two attached hydrogens (primary N) is 2. The number of nitrogens with zero attached hydrogens (tertiary/aromatic N) is 4. The van der Waals surface area contributed by atoms with Crippen LogP contribution < -0.4 is 21.9 Å². The van der Waals surface area contributed by atoms with E-state index in [1.165, 1.54) is 25.4 Å². The van der Waals surface area contributed by atoms with Crippen LogP contribution in [-0.2, 0) is 6.54 Å². The van der Waals surface area contributed by atoms with Crippen molar-refractivity contribution in [3.63, 3.8) is 0 Å². The van der Waals surface area contributed by atoms with Crippen molar-refractivity contribution in [2.45, 2.75) is 57.4 Å². The van der Waals surface area contributed by atoms with Gasteiger partial charge in [-0.05, 0) is 37.0 Å². The molecule has 13 heteroatoms. The monoisotopic (exact) mass is 488 g/mol. The average molecular weight is 488 g/mol. The predicted octanol–water partition coefficient (Wildman–Crippen LogP) is 3.33. The Balaban J connectivity index is 2.15. The summed E-state index contributed by atoms with van der Waals surface area (Å²) >= 11 is 0. The Labute approximate surface area is 192 Å². The van der Waals surface area contributed by atoms with Crippen LogP contribution in [0.15, 0.2) is 34.9 Å². The molecule has 0 saturated heterocycles. The van der Waals surface area contributed by atoms with Crippen LogP contribution in [0.5, 0.6) is 5.75 Å². The Bertz CT molecular complexity index is 1080. The highest BCUT2D eigenvalue weighted by molar-refractivity contribution is 5.63. The van der Waals surface area contributed by atoms with Crippen molar-refractivity contribution in [2.24, 2.45) is 11.6 Å². The van der Waals surface area contributed by atoms with Crippen LogP contribution in [0.1, 0.15) is 55.0 Å². The number of hydrazine groups is 1. The van der Waals surface area contributed by atoms with Crippen molar-refractivity contribution in [2.75, 3.05) is 7.05 Å². The van der Waals surface area contributed by atoms with Crippen LogP contribution in [0.2, 0.25) is 0 Å². The molecule has 1 saturated carbocycles. The molecule has 1 aliphatic rings. The minimum absolute atomic E-state index is 0.137. The lowest BCUT2D eigenvalue weighted by molar-refractivity contribution is -0.275. The van der Waals surface area contributed by atoms with Gasteiger partial charge in [-0.15, -0.1) is 13.2 Å². The maximum absolute atomic E-state index is 13.6. The fourth-order valence-electron chi connectivity index (χ4n) is 4.00. The van der Waals surface area contributed by atoms with Crippen molar-refractivity contribution in [3.8, 4) is 5.75 Å². The lowest BCUT2D eigenvalue weighted by atomic mass is 9.84. The van der Waals surface area contributed by atoms with E-state index < -0.39 is 42.0 Å². The Hall–Kier alpha value is -3.22. The number of aromatic nitrogens is 3. The van der Waals surface area contributed by atoms with Gasteiger partial charge >= 0.3 is 6.36 Å². The Kier molecular flexibility index (Phi) is 7.75. The van der Waals surface area contributed by atoms with Crippen molar-refractivity contribution in [1.29, 1.82) is 0 Å². The molecule has 2 aromatic heterocycles. The third-order valence-electron chi connectivity index (χ3n) is 5.56. The van der Waals surface area contributed by atoms with Gasteiger partial charge in [0.15, 0.2) is 5.75 Å². The summed E-state index contributed by atoms with van der Waals surface area (Å²) in [6.07, 6.45) is -2.60. The van der Waals surface area contributed by atoms with Gasteiger partial charge in [0.1, 0.15) is 17.1 Å². The number of ether oxygens (including phenoxy) is 1. The lowest BCUT2D eigenvalue weighted by Crippen LogP contribution is -2.34. The van der Waals surface area contributed by atoms with Crippen LogP contribution in [0, 0.1) is 0 Å². The molecule has 0 amide bonds. The zero-order chi connectivity index (χ0) is 25.0. The number of rotatable bonds is 7. The van der Waals surface area contributed by atoms with Gasteiger partial charge in [-0.25, -0.2) is 19.3 Å². The summed E-state index contributed by atoms with van der Waals surface area (Å²) in [6, 6.07) is 3.66. The maximum atomic E-state index is 13.6. The Morgan fingerprint density at radius 3 is 2.56 bits per heavy atom. The van der Waals surface area contributed by atoms with E-state index in [1.807, 2.05) is 0 Å². The second kappa shape index (κ2) is 10.4. The summed E-state index contributed by atoms with van der Waals surface area (Å²) in [7, 11) is 1.18. The van der Waals surface area contributed by atoms with Crippen LogP contribution in [0.25, 0.3) is 5.70 Å². The van der Waals surface area contributed by atoms with Gasteiger partial charge in [0.25, 0.3) is 12.0 Å². The first-order valence-electron chi connectivity index (χ1n) is 10.6. The fourth-order valence-corrected chi connectivity index (χ4v) is 4.00. The van der Waals surface area contributed by atoms with Crippen LogP contribution in [0.3, 0.4) is 0 Å². The number of alkyl halides is 5. The molecule has 2 aromatic rings. The summed E-state index contributed by atoms with van der Waals surface area (Å²) in [4.78, 5) is 17.1. The standard InChI is InChI=1S/C21H25F5N6O2/c1-31(28)18(19(22)23)17(27)14-10-13(12-6-3-2-4-7-12)20(33)32(30-14)11-15-16(8-5-9-29-15)34-21(24,25)26/h5,8-10,12,19H,2-4,6-7,11,27-28H2,1H3/b18-17-. The van der Waals surface area contributed by atoms with E-state index in [0.29, 0.717) is 23.4 Å². The molecule has 2 heterocycles. The first kappa shape index (κ1) is 25.4. The third-order valence-corrected chi connectivity index (χ3v) is 5.56. The van der Waals surface area contributed by atoms with Gasteiger partial charge in [0.2, 0.25) is 0 Å². The Morgan fingerprint density at radius 2 is 1.97 bits per heavy atom. The molecule has 4 N–H and O–H groups in total. The second-order valence-electron chi connectivity index (χ2n) is 7.99. The molecule has 0 spiro atoms. The second-order valence-corrected chi connectivity index (χ2v) is 7.99. The van der Waals surface area contributed by atoms with Gasteiger partial charge in [-0.2, -0.15) is 5.10 Å². The molecule has 1 aliphatic carbocycles. The zero-order valence-electron chi connectivity index (χ0n) is 18.4. The lowest BCUT2D eigenvalue weighted by Gasteiger charge is -2.23.